The zero-order valence-corrected chi connectivity index (χ0v) is 14.5. The van der Waals surface area contributed by atoms with Crippen LogP contribution in [0.15, 0.2) is 18.2 Å². The lowest BCUT2D eigenvalue weighted by atomic mass is 9.85. The number of nitrogens with zero attached hydrogens (tertiary/aromatic N) is 2. The minimum atomic E-state index is 0.249. The summed E-state index contributed by atoms with van der Waals surface area (Å²) in [7, 11) is 4.37. The van der Waals surface area contributed by atoms with Crippen molar-refractivity contribution in [1.82, 2.24) is 4.90 Å². The predicted octanol–water partition coefficient (Wildman–Crippen LogP) is 3.05. The van der Waals surface area contributed by atoms with E-state index in [0.717, 1.165) is 13.0 Å². The fourth-order valence-corrected chi connectivity index (χ4v) is 3.21. The van der Waals surface area contributed by atoms with Crippen LogP contribution in [0.2, 0.25) is 0 Å². The van der Waals surface area contributed by atoms with Crippen molar-refractivity contribution in [3.8, 4) is 0 Å². The molecular weight excluding hydrogens is 258 g/mol. The van der Waals surface area contributed by atoms with Gasteiger partial charge in [-0.1, -0.05) is 32.9 Å². The lowest BCUT2D eigenvalue weighted by molar-refractivity contribution is 0.100. The van der Waals surface area contributed by atoms with E-state index in [-0.39, 0.29) is 11.5 Å². The number of rotatable bonds is 4. The first-order valence-corrected chi connectivity index (χ1v) is 8.01. The van der Waals surface area contributed by atoms with Crippen LogP contribution in [0.25, 0.3) is 0 Å². The van der Waals surface area contributed by atoms with Gasteiger partial charge in [-0.2, -0.15) is 0 Å². The Hall–Kier alpha value is -1.06. The molecule has 2 N–H and O–H groups in total. The number of benzene rings is 1. The van der Waals surface area contributed by atoms with E-state index < -0.39 is 0 Å². The normalized spacial score (nSPS) is 18.0. The Bertz CT molecular complexity index is 490. The van der Waals surface area contributed by atoms with E-state index >= 15 is 0 Å². The van der Waals surface area contributed by atoms with E-state index in [2.05, 4.69) is 69.8 Å². The van der Waals surface area contributed by atoms with Gasteiger partial charge in [0.2, 0.25) is 0 Å². The Kier molecular flexibility index (Phi) is 4.64. The molecule has 0 bridgehead atoms. The van der Waals surface area contributed by atoms with E-state index in [9.17, 15) is 0 Å². The van der Waals surface area contributed by atoms with Crippen molar-refractivity contribution < 1.29 is 0 Å². The highest BCUT2D eigenvalue weighted by molar-refractivity contribution is 5.58. The van der Waals surface area contributed by atoms with Crippen molar-refractivity contribution in [1.29, 1.82) is 0 Å². The molecule has 2 rings (SSSR count). The van der Waals surface area contributed by atoms with Crippen LogP contribution in [0.5, 0.6) is 0 Å². The van der Waals surface area contributed by atoms with Gasteiger partial charge in [0.15, 0.2) is 0 Å². The molecule has 118 valence electrons. The van der Waals surface area contributed by atoms with Crippen LogP contribution in [-0.4, -0.2) is 38.1 Å². The largest absolute Gasteiger partial charge is 0.374 e. The molecule has 3 nitrogen and oxygen atoms in total. The molecule has 1 heterocycles. The lowest BCUT2D eigenvalue weighted by Crippen LogP contribution is -2.43. The second kappa shape index (κ2) is 5.98. The van der Waals surface area contributed by atoms with Crippen LogP contribution in [0, 0.1) is 5.41 Å². The van der Waals surface area contributed by atoms with Crippen LogP contribution in [-0.2, 0) is 6.42 Å². The lowest BCUT2D eigenvalue weighted by Gasteiger charge is -2.40. The van der Waals surface area contributed by atoms with Crippen molar-refractivity contribution in [2.75, 3.05) is 32.1 Å². The third kappa shape index (κ3) is 3.24. The highest BCUT2D eigenvalue weighted by atomic mass is 15.2. The van der Waals surface area contributed by atoms with Crippen molar-refractivity contribution in [2.24, 2.45) is 11.1 Å². The summed E-state index contributed by atoms with van der Waals surface area (Å²) in [5.74, 6) is 0. The molecule has 2 unspecified atom stereocenters. The Balaban J connectivity index is 2.26. The minimum Gasteiger partial charge on any atom is -0.374 e. The molecule has 1 aromatic rings. The third-order valence-electron chi connectivity index (χ3n) is 5.20. The summed E-state index contributed by atoms with van der Waals surface area (Å²) in [6, 6.07) is 7.64. The molecule has 1 aliphatic heterocycles. The predicted molar refractivity (Wildman–Crippen MR) is 91.9 cm³/mol. The number of likely N-dealkylation sites (N-methyl/N-ethyl adjacent to an activating group) is 2. The number of hydrogen-bond donors (Lipinski definition) is 1. The van der Waals surface area contributed by atoms with Gasteiger partial charge in [-0.25, -0.2) is 0 Å². The van der Waals surface area contributed by atoms with Crippen LogP contribution in [0.4, 0.5) is 5.69 Å². The SMILES string of the molecule is CC(N(C)C(CN)c1ccc2c(c1)CCN2C)C(C)(C)C. The summed E-state index contributed by atoms with van der Waals surface area (Å²) < 4.78 is 0. The summed E-state index contributed by atoms with van der Waals surface area (Å²) in [6.07, 6.45) is 1.15. The summed E-state index contributed by atoms with van der Waals surface area (Å²) in [5.41, 5.74) is 10.5. The standard InChI is InChI=1S/C18H31N3/c1-13(18(2,3)4)21(6)17(12-19)14-7-8-16-15(11-14)9-10-20(16)5/h7-8,11,13,17H,9-10,12,19H2,1-6H3. The molecule has 1 aromatic carbocycles. The van der Waals surface area contributed by atoms with E-state index in [0.29, 0.717) is 12.6 Å². The van der Waals surface area contributed by atoms with Crippen molar-refractivity contribution in [2.45, 2.75) is 46.2 Å². The van der Waals surface area contributed by atoms with Crippen LogP contribution < -0.4 is 10.6 Å². The molecule has 21 heavy (non-hydrogen) atoms. The van der Waals surface area contributed by atoms with E-state index in [1.165, 1.54) is 16.8 Å². The Labute approximate surface area is 130 Å². The second-order valence-electron chi connectivity index (χ2n) is 7.52. The second-order valence-corrected chi connectivity index (χ2v) is 7.52. The average molecular weight is 289 g/mol. The maximum Gasteiger partial charge on any atom is 0.0470 e. The molecule has 0 saturated carbocycles. The van der Waals surface area contributed by atoms with E-state index in [1.54, 1.807) is 0 Å². The topological polar surface area (TPSA) is 32.5 Å². The Morgan fingerprint density at radius 3 is 2.57 bits per heavy atom. The third-order valence-corrected chi connectivity index (χ3v) is 5.20. The molecule has 0 amide bonds. The molecule has 0 aliphatic carbocycles. The molecule has 0 aromatic heterocycles. The molecule has 1 aliphatic rings. The van der Waals surface area contributed by atoms with E-state index in [1.807, 2.05) is 0 Å². The average Bonchev–Trinajstić information content (AvgIpc) is 2.79. The van der Waals surface area contributed by atoms with Gasteiger partial charge in [-0.05, 0) is 43.0 Å². The molecule has 0 radical (unpaired) electrons. The van der Waals surface area contributed by atoms with Crippen LogP contribution in [0.1, 0.15) is 44.9 Å². The van der Waals surface area contributed by atoms with E-state index in [4.69, 9.17) is 5.73 Å². The molecule has 3 heteroatoms. The number of nitrogens with two attached hydrogens (primary N) is 1. The summed E-state index contributed by atoms with van der Waals surface area (Å²) >= 11 is 0. The number of fused-ring (bicyclic) bond motifs is 1. The van der Waals surface area contributed by atoms with Gasteiger partial charge in [0, 0.05) is 37.9 Å². The Morgan fingerprint density at radius 1 is 1.33 bits per heavy atom. The van der Waals surface area contributed by atoms with Gasteiger partial charge in [0.25, 0.3) is 0 Å². The summed E-state index contributed by atoms with van der Waals surface area (Å²) in [5, 5.41) is 0. The number of hydrogen-bond acceptors (Lipinski definition) is 3. The van der Waals surface area contributed by atoms with Gasteiger partial charge < -0.3 is 10.6 Å². The van der Waals surface area contributed by atoms with Gasteiger partial charge in [-0.3, -0.25) is 4.90 Å². The minimum absolute atomic E-state index is 0.249. The Morgan fingerprint density at radius 2 is 2.00 bits per heavy atom. The van der Waals surface area contributed by atoms with Gasteiger partial charge in [0.05, 0.1) is 0 Å². The molecule has 0 fully saturated rings. The quantitative estimate of drug-likeness (QED) is 0.924. The zero-order valence-electron chi connectivity index (χ0n) is 14.5. The number of anilines is 1. The van der Waals surface area contributed by atoms with Gasteiger partial charge in [-0.15, -0.1) is 0 Å². The zero-order chi connectivity index (χ0) is 15.8. The van der Waals surface area contributed by atoms with Crippen molar-refractivity contribution in [3.63, 3.8) is 0 Å². The molecule has 2 atom stereocenters. The highest BCUT2D eigenvalue weighted by Gasteiger charge is 2.29. The van der Waals surface area contributed by atoms with Crippen molar-refractivity contribution >= 4 is 5.69 Å². The first-order chi connectivity index (χ1) is 9.75. The maximum atomic E-state index is 6.11. The summed E-state index contributed by atoms with van der Waals surface area (Å²) in [4.78, 5) is 4.76. The summed E-state index contributed by atoms with van der Waals surface area (Å²) in [6.45, 7) is 11.0. The molecule has 0 saturated heterocycles. The van der Waals surface area contributed by atoms with Gasteiger partial charge in [0.1, 0.15) is 0 Å². The van der Waals surface area contributed by atoms with Gasteiger partial charge >= 0.3 is 0 Å². The fourth-order valence-electron chi connectivity index (χ4n) is 3.21. The van der Waals surface area contributed by atoms with Crippen molar-refractivity contribution in [3.05, 3.63) is 29.3 Å². The molecule has 0 spiro atoms. The van der Waals surface area contributed by atoms with Crippen LogP contribution in [0.3, 0.4) is 0 Å². The maximum absolute atomic E-state index is 6.11. The van der Waals surface area contributed by atoms with Crippen LogP contribution >= 0.6 is 0 Å². The highest BCUT2D eigenvalue weighted by Crippen LogP contribution is 2.33. The molecular formula is C18H31N3. The first kappa shape index (κ1) is 16.3. The monoisotopic (exact) mass is 289 g/mol. The fraction of sp³-hybridized carbons (Fsp3) is 0.667. The smallest absolute Gasteiger partial charge is 0.0470 e. The first-order valence-electron chi connectivity index (χ1n) is 8.01.